The highest BCUT2D eigenvalue weighted by atomic mass is 16.5. The van der Waals surface area contributed by atoms with Crippen LogP contribution in [-0.4, -0.2) is 16.6 Å². The molecule has 1 heterocycles. The second-order valence-corrected chi connectivity index (χ2v) is 4.08. The van der Waals surface area contributed by atoms with Crippen molar-refractivity contribution >= 4 is 0 Å². The van der Waals surface area contributed by atoms with Crippen LogP contribution in [0.2, 0.25) is 0 Å². The highest BCUT2D eigenvalue weighted by molar-refractivity contribution is 5.25. The summed E-state index contributed by atoms with van der Waals surface area (Å²) in [5.41, 5.74) is 3.25. The molecule has 1 aromatic heterocycles. The zero-order valence-electron chi connectivity index (χ0n) is 10.5. The van der Waals surface area contributed by atoms with Gasteiger partial charge in [-0.3, -0.25) is 0 Å². The van der Waals surface area contributed by atoms with Crippen molar-refractivity contribution in [3.63, 3.8) is 0 Å². The Hall–Kier alpha value is -1.61. The lowest BCUT2D eigenvalue weighted by Gasteiger charge is -2.14. The number of aromatic nitrogens is 2. The predicted molar refractivity (Wildman–Crippen MR) is 68.0 cm³/mol. The number of rotatable bonds is 4. The van der Waals surface area contributed by atoms with Gasteiger partial charge in [0, 0.05) is 12.3 Å². The number of imidazole rings is 1. The van der Waals surface area contributed by atoms with E-state index < -0.39 is 0 Å². The van der Waals surface area contributed by atoms with Crippen molar-refractivity contribution in [2.45, 2.75) is 26.9 Å². The van der Waals surface area contributed by atoms with Crippen molar-refractivity contribution in [1.82, 2.24) is 9.97 Å². The molecule has 1 atom stereocenters. The molecular formula is C14H18N2O. The van der Waals surface area contributed by atoms with E-state index in [-0.39, 0.29) is 6.10 Å². The van der Waals surface area contributed by atoms with Crippen LogP contribution in [0.1, 0.15) is 35.8 Å². The largest absolute Gasteiger partial charge is 0.366 e. The minimum absolute atomic E-state index is 0.103. The zero-order chi connectivity index (χ0) is 12.3. The molecule has 0 aliphatic heterocycles. The molecule has 3 nitrogen and oxygen atoms in total. The van der Waals surface area contributed by atoms with Gasteiger partial charge in [-0.1, -0.05) is 30.3 Å². The van der Waals surface area contributed by atoms with E-state index in [1.807, 2.05) is 39.0 Å². The number of hydrogen-bond acceptors (Lipinski definition) is 2. The van der Waals surface area contributed by atoms with Crippen LogP contribution in [0.5, 0.6) is 0 Å². The van der Waals surface area contributed by atoms with Crippen LogP contribution in [0, 0.1) is 13.8 Å². The van der Waals surface area contributed by atoms with Crippen LogP contribution in [0.4, 0.5) is 0 Å². The van der Waals surface area contributed by atoms with Crippen molar-refractivity contribution < 1.29 is 4.74 Å². The standard InChI is InChI=1S/C14H18N2O/c1-4-17-13(12-8-6-5-7-9-12)14-15-10(2)11(3)16-14/h5-9,13H,4H2,1-3H3,(H,15,16). The van der Waals surface area contributed by atoms with Gasteiger partial charge in [-0.25, -0.2) is 4.98 Å². The molecular weight excluding hydrogens is 212 g/mol. The van der Waals surface area contributed by atoms with Gasteiger partial charge in [-0.2, -0.15) is 0 Å². The molecule has 90 valence electrons. The molecule has 2 aromatic rings. The second-order valence-electron chi connectivity index (χ2n) is 4.08. The third-order valence-electron chi connectivity index (χ3n) is 2.83. The highest BCUT2D eigenvalue weighted by Crippen LogP contribution is 2.24. The zero-order valence-corrected chi connectivity index (χ0v) is 10.5. The first-order valence-electron chi connectivity index (χ1n) is 5.92. The molecule has 0 fully saturated rings. The van der Waals surface area contributed by atoms with Crippen LogP contribution < -0.4 is 0 Å². The summed E-state index contributed by atoms with van der Waals surface area (Å²) in [7, 11) is 0. The van der Waals surface area contributed by atoms with Crippen LogP contribution in [0.25, 0.3) is 0 Å². The summed E-state index contributed by atoms with van der Waals surface area (Å²) in [6, 6.07) is 10.2. The molecule has 0 spiro atoms. The summed E-state index contributed by atoms with van der Waals surface area (Å²) in [5, 5.41) is 0. The third-order valence-corrected chi connectivity index (χ3v) is 2.83. The average molecular weight is 230 g/mol. The van der Waals surface area contributed by atoms with E-state index in [0.29, 0.717) is 6.61 Å². The van der Waals surface area contributed by atoms with Crippen LogP contribution >= 0.6 is 0 Å². The lowest BCUT2D eigenvalue weighted by molar-refractivity contribution is 0.0856. The SMILES string of the molecule is CCOC(c1ccccc1)c1nc(C)c(C)[nH]1. The maximum atomic E-state index is 5.79. The minimum atomic E-state index is -0.103. The van der Waals surface area contributed by atoms with E-state index in [1.165, 1.54) is 0 Å². The van der Waals surface area contributed by atoms with Gasteiger partial charge >= 0.3 is 0 Å². The summed E-state index contributed by atoms with van der Waals surface area (Å²) in [5.74, 6) is 0.882. The number of hydrogen-bond donors (Lipinski definition) is 1. The van der Waals surface area contributed by atoms with E-state index in [1.54, 1.807) is 0 Å². The van der Waals surface area contributed by atoms with Crippen LogP contribution in [0.15, 0.2) is 30.3 Å². The highest BCUT2D eigenvalue weighted by Gasteiger charge is 2.18. The molecule has 0 bridgehead atoms. The fourth-order valence-corrected chi connectivity index (χ4v) is 1.83. The molecule has 0 amide bonds. The number of nitrogens with zero attached hydrogens (tertiary/aromatic N) is 1. The van der Waals surface area contributed by atoms with Crippen LogP contribution in [0.3, 0.4) is 0 Å². The fraction of sp³-hybridized carbons (Fsp3) is 0.357. The second kappa shape index (κ2) is 5.15. The summed E-state index contributed by atoms with van der Waals surface area (Å²) < 4.78 is 5.79. The molecule has 2 rings (SSSR count). The van der Waals surface area contributed by atoms with E-state index in [2.05, 4.69) is 22.1 Å². The van der Waals surface area contributed by atoms with Crippen molar-refractivity contribution in [2.24, 2.45) is 0 Å². The third kappa shape index (κ3) is 2.56. The molecule has 1 unspecified atom stereocenters. The summed E-state index contributed by atoms with van der Waals surface area (Å²) >= 11 is 0. The Bertz CT molecular complexity index is 457. The van der Waals surface area contributed by atoms with E-state index in [9.17, 15) is 0 Å². The van der Waals surface area contributed by atoms with Crippen LogP contribution in [-0.2, 0) is 4.74 Å². The normalized spacial score (nSPS) is 12.6. The first-order valence-corrected chi connectivity index (χ1v) is 5.92. The Morgan fingerprint density at radius 1 is 1.24 bits per heavy atom. The molecule has 0 saturated heterocycles. The van der Waals surface area contributed by atoms with Gasteiger partial charge in [0.05, 0.1) is 5.69 Å². The Kier molecular flexibility index (Phi) is 3.59. The number of benzene rings is 1. The molecule has 1 aromatic carbocycles. The average Bonchev–Trinajstić information content (AvgIpc) is 2.67. The Morgan fingerprint density at radius 3 is 2.47 bits per heavy atom. The Morgan fingerprint density at radius 2 is 1.94 bits per heavy atom. The monoisotopic (exact) mass is 230 g/mol. The molecule has 0 aliphatic rings. The number of aryl methyl sites for hydroxylation is 2. The quantitative estimate of drug-likeness (QED) is 0.876. The number of ether oxygens (including phenoxy) is 1. The first-order chi connectivity index (χ1) is 8.22. The van der Waals surface area contributed by atoms with Gasteiger partial charge < -0.3 is 9.72 Å². The Balaban J connectivity index is 2.35. The fourth-order valence-electron chi connectivity index (χ4n) is 1.83. The van der Waals surface area contributed by atoms with Gasteiger partial charge in [0.15, 0.2) is 0 Å². The van der Waals surface area contributed by atoms with Gasteiger partial charge in [0.1, 0.15) is 11.9 Å². The molecule has 0 aliphatic carbocycles. The molecule has 17 heavy (non-hydrogen) atoms. The van der Waals surface area contributed by atoms with Crippen molar-refractivity contribution in [3.8, 4) is 0 Å². The molecule has 1 N–H and O–H groups in total. The summed E-state index contributed by atoms with van der Waals surface area (Å²) in [4.78, 5) is 7.82. The van der Waals surface area contributed by atoms with Gasteiger partial charge in [-0.05, 0) is 26.3 Å². The smallest absolute Gasteiger partial charge is 0.140 e. The number of nitrogens with one attached hydrogen (secondary N) is 1. The number of H-pyrrole nitrogens is 1. The molecule has 3 heteroatoms. The lowest BCUT2D eigenvalue weighted by atomic mass is 10.1. The summed E-state index contributed by atoms with van der Waals surface area (Å²) in [6.07, 6.45) is -0.103. The number of aromatic amines is 1. The van der Waals surface area contributed by atoms with Gasteiger partial charge in [0.25, 0.3) is 0 Å². The lowest BCUT2D eigenvalue weighted by Crippen LogP contribution is -2.08. The molecule has 0 saturated carbocycles. The van der Waals surface area contributed by atoms with E-state index >= 15 is 0 Å². The summed E-state index contributed by atoms with van der Waals surface area (Å²) in [6.45, 7) is 6.69. The van der Waals surface area contributed by atoms with E-state index in [4.69, 9.17) is 4.74 Å². The minimum Gasteiger partial charge on any atom is -0.366 e. The van der Waals surface area contributed by atoms with Crippen molar-refractivity contribution in [1.29, 1.82) is 0 Å². The predicted octanol–water partition coefficient (Wildman–Crippen LogP) is 3.15. The maximum absolute atomic E-state index is 5.79. The molecule has 0 radical (unpaired) electrons. The Labute approximate surface area is 102 Å². The van der Waals surface area contributed by atoms with E-state index in [0.717, 1.165) is 22.8 Å². The maximum Gasteiger partial charge on any atom is 0.140 e. The topological polar surface area (TPSA) is 37.9 Å². The van der Waals surface area contributed by atoms with Crippen molar-refractivity contribution in [2.75, 3.05) is 6.61 Å². The first kappa shape index (κ1) is 11.9. The van der Waals surface area contributed by atoms with Gasteiger partial charge in [-0.15, -0.1) is 0 Å². The van der Waals surface area contributed by atoms with Crippen molar-refractivity contribution in [3.05, 3.63) is 53.1 Å². The van der Waals surface area contributed by atoms with Gasteiger partial charge in [0.2, 0.25) is 0 Å².